The maximum atomic E-state index is 11.4. The summed E-state index contributed by atoms with van der Waals surface area (Å²) < 4.78 is 22.7. The maximum absolute atomic E-state index is 11.4. The highest BCUT2D eigenvalue weighted by Gasteiger charge is 2.36. The monoisotopic (exact) mass is 291 g/mol. The normalized spacial score (nSPS) is 26.6. The van der Waals surface area contributed by atoms with Crippen molar-refractivity contribution in [3.05, 3.63) is 42.0 Å². The minimum absolute atomic E-state index is 0.272. The average molecular weight is 291 g/mol. The summed E-state index contributed by atoms with van der Waals surface area (Å²) in [5.41, 5.74) is 2.74. The van der Waals surface area contributed by atoms with Gasteiger partial charge in [0.25, 0.3) is 0 Å². The standard InChI is InChI=1S/C16H21NO2S/c1-20(18,19)10-9-17-15-7-8-16(17)12-14(11-15)13-5-3-2-4-6-13/h2-6,11,15-16H,7-10,12H2,1H3/t15-,16-/m1/s1. The average Bonchev–Trinajstić information content (AvgIpc) is 2.65. The predicted molar refractivity (Wildman–Crippen MR) is 82.3 cm³/mol. The third-order valence-electron chi connectivity index (χ3n) is 4.40. The molecule has 20 heavy (non-hydrogen) atoms. The molecule has 4 heteroatoms. The molecule has 3 rings (SSSR count). The fourth-order valence-corrected chi connectivity index (χ4v) is 3.95. The van der Waals surface area contributed by atoms with Gasteiger partial charge in [-0.2, -0.15) is 0 Å². The summed E-state index contributed by atoms with van der Waals surface area (Å²) in [5.74, 6) is 0.272. The Labute approximate surface area is 121 Å². The zero-order valence-electron chi connectivity index (χ0n) is 11.8. The number of hydrogen-bond acceptors (Lipinski definition) is 3. The van der Waals surface area contributed by atoms with Crippen molar-refractivity contribution in [2.75, 3.05) is 18.6 Å². The van der Waals surface area contributed by atoms with Gasteiger partial charge in [-0.1, -0.05) is 36.4 Å². The summed E-state index contributed by atoms with van der Waals surface area (Å²) in [6.07, 6.45) is 7.06. The van der Waals surface area contributed by atoms with Gasteiger partial charge in [0.15, 0.2) is 0 Å². The summed E-state index contributed by atoms with van der Waals surface area (Å²) in [6, 6.07) is 11.5. The molecule has 1 aromatic rings. The molecule has 1 saturated heterocycles. The molecule has 0 amide bonds. The fourth-order valence-electron chi connectivity index (χ4n) is 3.40. The molecule has 0 aromatic heterocycles. The molecule has 1 aromatic carbocycles. The number of hydrogen-bond donors (Lipinski definition) is 0. The molecule has 3 nitrogen and oxygen atoms in total. The first-order valence-corrected chi connectivity index (χ1v) is 9.28. The molecule has 1 fully saturated rings. The lowest BCUT2D eigenvalue weighted by Gasteiger charge is -2.33. The highest BCUT2D eigenvalue weighted by molar-refractivity contribution is 7.90. The van der Waals surface area contributed by atoms with E-state index in [-0.39, 0.29) is 5.75 Å². The number of nitrogens with zero attached hydrogens (tertiary/aromatic N) is 1. The highest BCUT2D eigenvalue weighted by Crippen LogP contribution is 2.38. The van der Waals surface area contributed by atoms with Crippen LogP contribution in [-0.2, 0) is 9.84 Å². The Kier molecular flexibility index (Phi) is 3.69. The van der Waals surface area contributed by atoms with Crippen molar-refractivity contribution < 1.29 is 8.42 Å². The van der Waals surface area contributed by atoms with E-state index in [9.17, 15) is 8.42 Å². The Morgan fingerprint density at radius 2 is 1.95 bits per heavy atom. The zero-order valence-corrected chi connectivity index (χ0v) is 12.6. The van der Waals surface area contributed by atoms with Crippen molar-refractivity contribution in [3.8, 4) is 0 Å². The number of benzene rings is 1. The van der Waals surface area contributed by atoms with E-state index in [0.29, 0.717) is 18.6 Å². The Morgan fingerprint density at radius 1 is 1.20 bits per heavy atom. The molecule has 108 valence electrons. The Hall–Kier alpha value is -1.13. The molecular formula is C16H21NO2S. The van der Waals surface area contributed by atoms with Crippen molar-refractivity contribution in [2.45, 2.75) is 31.3 Å². The van der Waals surface area contributed by atoms with Crippen molar-refractivity contribution >= 4 is 15.4 Å². The van der Waals surface area contributed by atoms with E-state index in [2.05, 4.69) is 35.2 Å². The van der Waals surface area contributed by atoms with E-state index in [0.717, 1.165) is 12.8 Å². The largest absolute Gasteiger partial charge is 0.293 e. The molecule has 2 bridgehead atoms. The van der Waals surface area contributed by atoms with Gasteiger partial charge in [-0.25, -0.2) is 8.42 Å². The van der Waals surface area contributed by atoms with Crippen LogP contribution in [0.25, 0.3) is 5.57 Å². The van der Waals surface area contributed by atoms with Gasteiger partial charge in [0.1, 0.15) is 9.84 Å². The summed E-state index contributed by atoms with van der Waals surface area (Å²) >= 11 is 0. The lowest BCUT2D eigenvalue weighted by Crippen LogP contribution is -2.41. The first kappa shape index (κ1) is 13.8. The lowest BCUT2D eigenvalue weighted by molar-refractivity contribution is 0.225. The topological polar surface area (TPSA) is 37.4 Å². The molecule has 0 spiro atoms. The zero-order chi connectivity index (χ0) is 14.2. The molecule has 0 aliphatic carbocycles. The predicted octanol–water partition coefficient (Wildman–Crippen LogP) is 2.35. The first-order valence-electron chi connectivity index (χ1n) is 7.22. The maximum Gasteiger partial charge on any atom is 0.148 e. The van der Waals surface area contributed by atoms with Crippen LogP contribution in [0.2, 0.25) is 0 Å². The van der Waals surface area contributed by atoms with Crippen LogP contribution in [0.3, 0.4) is 0 Å². The second-order valence-corrected chi connectivity index (χ2v) is 8.19. The van der Waals surface area contributed by atoms with Crippen LogP contribution in [-0.4, -0.2) is 44.0 Å². The molecule has 2 heterocycles. The van der Waals surface area contributed by atoms with Gasteiger partial charge in [-0.3, -0.25) is 4.90 Å². The lowest BCUT2D eigenvalue weighted by atomic mass is 9.95. The van der Waals surface area contributed by atoms with Crippen molar-refractivity contribution in [1.29, 1.82) is 0 Å². The molecule has 0 radical (unpaired) electrons. The number of sulfone groups is 1. The van der Waals surface area contributed by atoms with Crippen molar-refractivity contribution in [2.24, 2.45) is 0 Å². The number of rotatable bonds is 4. The fraction of sp³-hybridized carbons (Fsp3) is 0.500. The van der Waals surface area contributed by atoms with Crippen LogP contribution < -0.4 is 0 Å². The molecule has 2 aliphatic heterocycles. The Balaban J connectivity index is 1.76. The van der Waals surface area contributed by atoms with E-state index >= 15 is 0 Å². The quantitative estimate of drug-likeness (QED) is 0.854. The third kappa shape index (κ3) is 2.96. The van der Waals surface area contributed by atoms with Gasteiger partial charge < -0.3 is 0 Å². The second-order valence-electron chi connectivity index (χ2n) is 5.93. The Bertz CT molecular complexity index is 607. The Morgan fingerprint density at radius 3 is 2.60 bits per heavy atom. The van der Waals surface area contributed by atoms with Crippen LogP contribution in [0.15, 0.2) is 36.4 Å². The van der Waals surface area contributed by atoms with Gasteiger partial charge >= 0.3 is 0 Å². The molecule has 0 saturated carbocycles. The van der Waals surface area contributed by atoms with Crippen molar-refractivity contribution in [1.82, 2.24) is 4.90 Å². The summed E-state index contributed by atoms with van der Waals surface area (Å²) in [4.78, 5) is 2.38. The van der Waals surface area contributed by atoms with Crippen LogP contribution >= 0.6 is 0 Å². The summed E-state index contributed by atoms with van der Waals surface area (Å²) in [5, 5.41) is 0. The first-order chi connectivity index (χ1) is 9.53. The third-order valence-corrected chi connectivity index (χ3v) is 5.33. The van der Waals surface area contributed by atoms with E-state index in [1.807, 2.05) is 6.07 Å². The molecule has 2 aliphatic rings. The van der Waals surface area contributed by atoms with Gasteiger partial charge in [-0.05, 0) is 30.4 Å². The summed E-state index contributed by atoms with van der Waals surface area (Å²) in [6.45, 7) is 0.673. The highest BCUT2D eigenvalue weighted by atomic mass is 32.2. The molecule has 2 atom stereocenters. The molecular weight excluding hydrogens is 270 g/mol. The van der Waals surface area contributed by atoms with Crippen LogP contribution in [0.1, 0.15) is 24.8 Å². The summed E-state index contributed by atoms with van der Waals surface area (Å²) in [7, 11) is -2.87. The molecule has 0 N–H and O–H groups in total. The van der Waals surface area contributed by atoms with Crippen LogP contribution in [0.4, 0.5) is 0 Å². The van der Waals surface area contributed by atoms with Crippen LogP contribution in [0, 0.1) is 0 Å². The van der Waals surface area contributed by atoms with Gasteiger partial charge in [0, 0.05) is 24.9 Å². The van der Waals surface area contributed by atoms with E-state index in [4.69, 9.17) is 0 Å². The van der Waals surface area contributed by atoms with Gasteiger partial charge in [-0.15, -0.1) is 0 Å². The minimum Gasteiger partial charge on any atom is -0.293 e. The number of fused-ring (bicyclic) bond motifs is 2. The van der Waals surface area contributed by atoms with E-state index in [1.54, 1.807) is 0 Å². The van der Waals surface area contributed by atoms with Crippen LogP contribution in [0.5, 0.6) is 0 Å². The second kappa shape index (κ2) is 5.34. The van der Waals surface area contributed by atoms with E-state index in [1.165, 1.54) is 23.8 Å². The minimum atomic E-state index is -2.87. The van der Waals surface area contributed by atoms with E-state index < -0.39 is 9.84 Å². The molecule has 0 unspecified atom stereocenters. The van der Waals surface area contributed by atoms with Crippen molar-refractivity contribution in [3.63, 3.8) is 0 Å². The smallest absolute Gasteiger partial charge is 0.148 e. The van der Waals surface area contributed by atoms with Gasteiger partial charge in [0.2, 0.25) is 0 Å². The van der Waals surface area contributed by atoms with Gasteiger partial charge in [0.05, 0.1) is 5.75 Å². The SMILES string of the molecule is CS(=O)(=O)CCN1[C@@H]2CC[C@@H]1C=C(c1ccccc1)C2.